The summed E-state index contributed by atoms with van der Waals surface area (Å²) in [6, 6.07) is 9.13. The molecule has 5 heterocycles. The van der Waals surface area contributed by atoms with Gasteiger partial charge in [0.1, 0.15) is 30.6 Å². The van der Waals surface area contributed by atoms with Crippen LogP contribution < -0.4 is 15.4 Å². The van der Waals surface area contributed by atoms with Crippen LogP contribution in [0.2, 0.25) is 0 Å². The number of imide groups is 1. The number of nitrogens with one attached hydrogen (secondary N) is 2. The fraction of sp³-hybridized carbons (Fsp3) is 0.294. The van der Waals surface area contributed by atoms with E-state index in [-0.39, 0.29) is 48.0 Å². The highest BCUT2D eigenvalue weighted by Crippen LogP contribution is 2.34. The number of piperidine rings is 1. The number of amides is 3. The molecule has 48 heavy (non-hydrogen) atoms. The quantitative estimate of drug-likeness (QED) is 0.179. The maximum absolute atomic E-state index is 15.1. The Kier molecular flexibility index (Phi) is 7.88. The molecule has 7 rings (SSSR count). The Morgan fingerprint density at radius 2 is 1.98 bits per heavy atom. The summed E-state index contributed by atoms with van der Waals surface area (Å²) < 4.78 is 22.4. The lowest BCUT2D eigenvalue weighted by Gasteiger charge is -2.29. The van der Waals surface area contributed by atoms with E-state index in [0.29, 0.717) is 45.8 Å². The van der Waals surface area contributed by atoms with Crippen molar-refractivity contribution in [2.45, 2.75) is 56.8 Å². The minimum atomic E-state index is -1.56. The highest BCUT2D eigenvalue weighted by atomic mass is 19.1. The highest BCUT2D eigenvalue weighted by molar-refractivity contribution is 6.24. The van der Waals surface area contributed by atoms with Crippen LogP contribution in [0, 0.1) is 11.3 Å². The zero-order valence-corrected chi connectivity index (χ0v) is 25.6. The summed E-state index contributed by atoms with van der Waals surface area (Å²) in [6.07, 6.45) is 5.22. The van der Waals surface area contributed by atoms with Crippen LogP contribution in [-0.4, -0.2) is 73.0 Å². The van der Waals surface area contributed by atoms with Gasteiger partial charge in [-0.15, -0.1) is 0 Å². The third kappa shape index (κ3) is 5.74. The van der Waals surface area contributed by atoms with Crippen molar-refractivity contribution in [1.29, 1.82) is 5.26 Å². The molecule has 3 aliphatic rings. The van der Waals surface area contributed by atoms with Crippen molar-refractivity contribution in [3.05, 3.63) is 83.5 Å². The van der Waals surface area contributed by atoms with E-state index in [9.17, 15) is 19.2 Å². The number of allylic oxidation sites excluding steroid dienone is 1. The van der Waals surface area contributed by atoms with E-state index in [2.05, 4.69) is 38.3 Å². The lowest BCUT2D eigenvalue weighted by Crippen LogP contribution is -2.51. The van der Waals surface area contributed by atoms with E-state index in [1.54, 1.807) is 18.3 Å². The average Bonchev–Trinajstić information content (AvgIpc) is 3.74. The number of carbonyl (C=O) groups is 4. The number of halogens is 1. The van der Waals surface area contributed by atoms with E-state index in [0.717, 1.165) is 17.7 Å². The van der Waals surface area contributed by atoms with E-state index >= 15 is 4.39 Å². The highest BCUT2D eigenvalue weighted by Gasteiger charge is 2.45. The molecule has 242 valence electrons. The third-order valence-electron chi connectivity index (χ3n) is 8.53. The first kappa shape index (κ1) is 30.7. The second kappa shape index (κ2) is 12.3. The first-order valence-corrected chi connectivity index (χ1v) is 15.5. The van der Waals surface area contributed by atoms with Gasteiger partial charge in [0, 0.05) is 42.0 Å². The number of benzene rings is 1. The van der Waals surface area contributed by atoms with Crippen LogP contribution in [0.4, 0.5) is 10.1 Å². The van der Waals surface area contributed by atoms with Crippen molar-refractivity contribution >= 4 is 40.2 Å². The summed E-state index contributed by atoms with van der Waals surface area (Å²) in [5.41, 5.74) is 2.37. The van der Waals surface area contributed by atoms with Crippen LogP contribution in [0.15, 0.2) is 61.2 Å². The molecule has 0 spiro atoms. The minimum Gasteiger partial charge on any atom is -0.490 e. The van der Waals surface area contributed by atoms with Crippen LogP contribution in [0.1, 0.15) is 75.2 Å². The Labute approximate surface area is 273 Å². The number of rotatable bonds is 11. The molecule has 2 atom stereocenters. The van der Waals surface area contributed by atoms with Gasteiger partial charge in [0.15, 0.2) is 17.2 Å². The van der Waals surface area contributed by atoms with E-state index in [1.165, 1.54) is 35.3 Å². The van der Waals surface area contributed by atoms with Crippen LogP contribution in [0.3, 0.4) is 0 Å². The first-order valence-electron chi connectivity index (χ1n) is 15.5. The number of aromatic nitrogens is 4. The predicted octanol–water partition coefficient (Wildman–Crippen LogP) is 4.03. The van der Waals surface area contributed by atoms with Gasteiger partial charge in [0.2, 0.25) is 5.91 Å². The van der Waals surface area contributed by atoms with Gasteiger partial charge in [-0.3, -0.25) is 24.1 Å². The Bertz CT molecular complexity index is 2070. The molecule has 4 aromatic rings. The van der Waals surface area contributed by atoms with Crippen molar-refractivity contribution in [2.24, 2.45) is 0 Å². The van der Waals surface area contributed by atoms with Gasteiger partial charge < -0.3 is 15.4 Å². The van der Waals surface area contributed by atoms with Gasteiger partial charge in [0.05, 0.1) is 34.1 Å². The van der Waals surface area contributed by atoms with Gasteiger partial charge in [-0.2, -0.15) is 15.0 Å². The number of alkyl halides is 1. The predicted molar refractivity (Wildman–Crippen MR) is 169 cm³/mol. The Morgan fingerprint density at radius 1 is 1.15 bits per heavy atom. The molecule has 0 bridgehead atoms. The Morgan fingerprint density at radius 3 is 2.75 bits per heavy atom. The van der Waals surface area contributed by atoms with Crippen LogP contribution in [0.25, 0.3) is 16.9 Å². The third-order valence-corrected chi connectivity index (χ3v) is 8.53. The van der Waals surface area contributed by atoms with Crippen molar-refractivity contribution in [1.82, 2.24) is 30.0 Å². The molecule has 14 heteroatoms. The maximum atomic E-state index is 15.1. The SMILES string of the molecule is C=C1CCC(N2C(=O)c3cccc(OCC(F)CCC(=O)c4cnc(-n5ncc6cc(C#N)cnc65)cc4NC4CC4)c3C2=O)C(=O)N1. The molecule has 2 N–H and O–H groups in total. The average molecular weight is 649 g/mol. The number of Topliss-reactive ketones (excluding diaryl/α,β-unsaturated/α-hetero) is 1. The number of ketones is 1. The summed E-state index contributed by atoms with van der Waals surface area (Å²) in [6.45, 7) is 3.28. The van der Waals surface area contributed by atoms with Gasteiger partial charge in [-0.1, -0.05) is 12.6 Å². The van der Waals surface area contributed by atoms with Crippen LogP contribution in [-0.2, 0) is 4.79 Å². The molecule has 1 saturated carbocycles. The summed E-state index contributed by atoms with van der Waals surface area (Å²) >= 11 is 0. The number of carbonyl (C=O) groups excluding carboxylic acids is 4. The fourth-order valence-corrected chi connectivity index (χ4v) is 5.87. The molecule has 1 aliphatic carbocycles. The zero-order valence-electron chi connectivity index (χ0n) is 25.6. The fourth-order valence-electron chi connectivity index (χ4n) is 5.87. The summed E-state index contributed by atoms with van der Waals surface area (Å²) in [5.74, 6) is -1.64. The van der Waals surface area contributed by atoms with E-state index in [1.807, 2.05) is 0 Å². The largest absolute Gasteiger partial charge is 0.490 e. The van der Waals surface area contributed by atoms with Gasteiger partial charge >= 0.3 is 0 Å². The molecule has 2 aliphatic heterocycles. The first-order chi connectivity index (χ1) is 23.2. The Balaban J connectivity index is 1.01. The number of pyridine rings is 2. The smallest absolute Gasteiger partial charge is 0.266 e. The molecule has 3 aromatic heterocycles. The summed E-state index contributed by atoms with van der Waals surface area (Å²) in [4.78, 5) is 62.0. The lowest BCUT2D eigenvalue weighted by molar-refractivity contribution is -0.125. The number of nitriles is 1. The van der Waals surface area contributed by atoms with Crippen molar-refractivity contribution in [3.8, 4) is 17.6 Å². The maximum Gasteiger partial charge on any atom is 0.266 e. The van der Waals surface area contributed by atoms with Crippen molar-refractivity contribution in [2.75, 3.05) is 11.9 Å². The molecule has 0 radical (unpaired) electrons. The standard InChI is InChI=1S/C34H29FN8O5/c1-18-5-9-26(32(45)40-18)42-33(46)23-3-2-4-28(30(23)34(42)47)48-17-21(35)6-10-27(44)24-16-37-29(12-25(24)41-22-7-8-22)43-31-20(15-39-43)11-19(13-36)14-38-31/h2-4,11-12,14-16,21-22,26H,1,5-10,17H2,(H,37,41)(H,40,45). The van der Waals surface area contributed by atoms with E-state index in [4.69, 9.17) is 10.00 Å². The zero-order chi connectivity index (χ0) is 33.5. The lowest BCUT2D eigenvalue weighted by atomic mass is 10.0. The van der Waals surface area contributed by atoms with Gasteiger partial charge in [0.25, 0.3) is 11.8 Å². The summed E-state index contributed by atoms with van der Waals surface area (Å²) in [7, 11) is 0. The molecular formula is C34H29FN8O5. The molecule has 1 aromatic carbocycles. The van der Waals surface area contributed by atoms with Gasteiger partial charge in [-0.25, -0.2) is 14.4 Å². The van der Waals surface area contributed by atoms with Crippen LogP contribution in [0.5, 0.6) is 5.75 Å². The molecule has 2 fully saturated rings. The number of fused-ring (bicyclic) bond motifs is 2. The van der Waals surface area contributed by atoms with Crippen molar-refractivity contribution in [3.63, 3.8) is 0 Å². The monoisotopic (exact) mass is 648 g/mol. The van der Waals surface area contributed by atoms with E-state index < -0.39 is 36.5 Å². The van der Waals surface area contributed by atoms with Crippen LogP contribution >= 0.6 is 0 Å². The molecule has 13 nitrogen and oxygen atoms in total. The summed E-state index contributed by atoms with van der Waals surface area (Å²) in [5, 5.41) is 20.1. The normalized spacial score (nSPS) is 18.0. The topological polar surface area (TPSA) is 172 Å². The number of ether oxygens (including phenoxy) is 1. The van der Waals surface area contributed by atoms with Crippen molar-refractivity contribution < 1.29 is 28.3 Å². The second-order valence-corrected chi connectivity index (χ2v) is 12.0. The molecular weight excluding hydrogens is 619 g/mol. The second-order valence-electron chi connectivity index (χ2n) is 12.0. The Hall–Kier alpha value is -5.97. The number of hydrogen-bond donors (Lipinski definition) is 2. The number of hydrogen-bond acceptors (Lipinski definition) is 10. The minimum absolute atomic E-state index is 0.0180. The molecule has 1 saturated heterocycles. The number of nitrogens with zero attached hydrogens (tertiary/aromatic N) is 6. The molecule has 2 unspecified atom stereocenters. The molecule has 3 amide bonds. The van der Waals surface area contributed by atoms with Gasteiger partial charge in [-0.05, 0) is 50.3 Å². The number of anilines is 1.